The fourth-order valence-corrected chi connectivity index (χ4v) is 3.00. The summed E-state index contributed by atoms with van der Waals surface area (Å²) < 4.78 is 60.6. The summed E-state index contributed by atoms with van der Waals surface area (Å²) in [6.45, 7) is 0. The molecule has 0 aliphatic heterocycles. The molecule has 0 atom stereocenters. The molecule has 1 N–H and O–H groups in total. The zero-order valence-corrected chi connectivity index (χ0v) is 18.1. The fourth-order valence-electron chi connectivity index (χ4n) is 3.00. The van der Waals surface area contributed by atoms with E-state index in [0.717, 1.165) is 6.20 Å². The molecule has 0 saturated carbocycles. The van der Waals surface area contributed by atoms with Crippen LogP contribution in [0.1, 0.15) is 16.2 Å². The lowest BCUT2D eigenvalue weighted by atomic mass is 10.1. The third-order valence-corrected chi connectivity index (χ3v) is 4.59. The van der Waals surface area contributed by atoms with Crippen LogP contribution in [0, 0.1) is 0 Å². The Bertz CT molecular complexity index is 1170. The summed E-state index contributed by atoms with van der Waals surface area (Å²) in [5.41, 5.74) is 0.134. The van der Waals surface area contributed by atoms with Crippen LogP contribution in [0.4, 0.5) is 18.9 Å². The molecule has 0 unspecified atom stereocenters. The van der Waals surface area contributed by atoms with E-state index in [1.54, 1.807) is 12.1 Å². The first kappa shape index (κ1) is 23.6. The minimum atomic E-state index is -4.80. The first-order chi connectivity index (χ1) is 15.7. The van der Waals surface area contributed by atoms with Gasteiger partial charge in [0, 0.05) is 23.5 Å². The number of nitrogens with zero attached hydrogens (tertiary/aromatic N) is 2. The first-order valence-corrected chi connectivity index (χ1v) is 9.41. The zero-order valence-electron chi connectivity index (χ0n) is 18.1. The van der Waals surface area contributed by atoms with Crippen molar-refractivity contribution in [3.8, 4) is 34.3 Å². The summed E-state index contributed by atoms with van der Waals surface area (Å²) in [6, 6.07) is 9.04. The molecule has 11 heteroatoms. The molecule has 1 heterocycles. The Morgan fingerprint density at radius 1 is 0.848 bits per heavy atom. The van der Waals surface area contributed by atoms with Gasteiger partial charge in [-0.2, -0.15) is 13.2 Å². The predicted octanol–water partition coefficient (Wildman–Crippen LogP) is 4.45. The molecule has 0 saturated heterocycles. The van der Waals surface area contributed by atoms with Gasteiger partial charge in [-0.3, -0.25) is 4.79 Å². The Kier molecular flexibility index (Phi) is 6.90. The van der Waals surface area contributed by atoms with Crippen molar-refractivity contribution in [3.63, 3.8) is 0 Å². The molecule has 0 aliphatic rings. The third kappa shape index (κ3) is 5.08. The van der Waals surface area contributed by atoms with Gasteiger partial charge >= 0.3 is 6.18 Å². The number of halogens is 3. The Hall–Kier alpha value is -4.02. The van der Waals surface area contributed by atoms with Gasteiger partial charge in [-0.25, -0.2) is 9.97 Å². The molecular weight excluding hydrogens is 443 g/mol. The highest BCUT2D eigenvalue weighted by atomic mass is 19.4. The van der Waals surface area contributed by atoms with Crippen LogP contribution in [0.25, 0.3) is 11.3 Å². The summed E-state index contributed by atoms with van der Waals surface area (Å²) in [5.74, 6) is -0.676. The van der Waals surface area contributed by atoms with Crippen molar-refractivity contribution in [3.05, 3.63) is 54.0 Å². The number of carbonyl (C=O) groups is 1. The molecule has 174 valence electrons. The largest absolute Gasteiger partial charge is 0.493 e. The summed E-state index contributed by atoms with van der Waals surface area (Å²) in [7, 11) is 5.70. The second kappa shape index (κ2) is 9.63. The van der Waals surface area contributed by atoms with E-state index in [1.807, 2.05) is 0 Å². The minimum absolute atomic E-state index is 0.176. The molecule has 1 amide bonds. The molecule has 2 aromatic carbocycles. The molecule has 0 spiro atoms. The number of hydrogen-bond acceptors (Lipinski definition) is 7. The molecule has 0 fully saturated rings. The summed E-state index contributed by atoms with van der Waals surface area (Å²) >= 11 is 0. The van der Waals surface area contributed by atoms with E-state index in [1.165, 1.54) is 52.7 Å². The molecule has 8 nitrogen and oxygen atoms in total. The standard InChI is InChI=1S/C22H20F3N3O5/c1-30-15-7-5-12(9-17(15)32-3)19-14(11-26-21(28-19)22(23,24)25)20(29)27-13-6-8-16(31-2)18(10-13)33-4/h5-11H,1-4H3,(H,27,29). The van der Waals surface area contributed by atoms with E-state index < -0.39 is 17.9 Å². The highest BCUT2D eigenvalue weighted by Crippen LogP contribution is 2.35. The van der Waals surface area contributed by atoms with Gasteiger partial charge in [0.2, 0.25) is 5.82 Å². The van der Waals surface area contributed by atoms with Gasteiger partial charge in [-0.1, -0.05) is 0 Å². The molecular formula is C22H20F3N3O5. The number of hydrogen-bond donors (Lipinski definition) is 1. The summed E-state index contributed by atoms with van der Waals surface area (Å²) in [6.07, 6.45) is -3.97. The maximum Gasteiger partial charge on any atom is 0.451 e. The lowest BCUT2D eigenvalue weighted by Crippen LogP contribution is -2.18. The number of methoxy groups -OCH3 is 4. The van der Waals surface area contributed by atoms with Gasteiger partial charge < -0.3 is 24.3 Å². The zero-order chi connectivity index (χ0) is 24.2. The normalized spacial score (nSPS) is 11.0. The maximum absolute atomic E-state index is 13.3. The van der Waals surface area contributed by atoms with Crippen LogP contribution in [-0.2, 0) is 6.18 Å². The van der Waals surface area contributed by atoms with Crippen molar-refractivity contribution in [1.29, 1.82) is 0 Å². The number of carbonyl (C=O) groups excluding carboxylic acids is 1. The van der Waals surface area contributed by atoms with Crippen LogP contribution >= 0.6 is 0 Å². The van der Waals surface area contributed by atoms with Gasteiger partial charge in [0.05, 0.1) is 39.7 Å². The van der Waals surface area contributed by atoms with Crippen molar-refractivity contribution in [1.82, 2.24) is 9.97 Å². The van der Waals surface area contributed by atoms with E-state index >= 15 is 0 Å². The second-order valence-electron chi connectivity index (χ2n) is 6.55. The van der Waals surface area contributed by atoms with E-state index in [4.69, 9.17) is 18.9 Å². The van der Waals surface area contributed by atoms with E-state index in [-0.39, 0.29) is 22.6 Å². The second-order valence-corrected chi connectivity index (χ2v) is 6.55. The number of alkyl halides is 3. The van der Waals surface area contributed by atoms with E-state index in [2.05, 4.69) is 15.3 Å². The number of anilines is 1. The van der Waals surface area contributed by atoms with Crippen molar-refractivity contribution < 1.29 is 36.9 Å². The topological polar surface area (TPSA) is 91.8 Å². The number of amides is 1. The van der Waals surface area contributed by atoms with E-state index in [0.29, 0.717) is 22.9 Å². The van der Waals surface area contributed by atoms with Crippen molar-refractivity contribution in [2.24, 2.45) is 0 Å². The van der Waals surface area contributed by atoms with Crippen molar-refractivity contribution in [2.45, 2.75) is 6.18 Å². The molecule has 3 rings (SSSR count). The molecule has 3 aromatic rings. The maximum atomic E-state index is 13.3. The van der Waals surface area contributed by atoms with Crippen LogP contribution in [0.5, 0.6) is 23.0 Å². The quantitative estimate of drug-likeness (QED) is 0.554. The number of rotatable bonds is 7. The highest BCUT2D eigenvalue weighted by Gasteiger charge is 2.36. The number of ether oxygens (including phenoxy) is 4. The van der Waals surface area contributed by atoms with Gasteiger partial charge in [0.15, 0.2) is 23.0 Å². The van der Waals surface area contributed by atoms with Gasteiger partial charge in [0.1, 0.15) is 0 Å². The van der Waals surface area contributed by atoms with Gasteiger partial charge in [-0.15, -0.1) is 0 Å². The van der Waals surface area contributed by atoms with Crippen LogP contribution in [0.15, 0.2) is 42.6 Å². The molecule has 0 radical (unpaired) electrons. The van der Waals surface area contributed by atoms with E-state index in [9.17, 15) is 18.0 Å². The van der Waals surface area contributed by atoms with Crippen molar-refractivity contribution in [2.75, 3.05) is 33.8 Å². The van der Waals surface area contributed by atoms with Gasteiger partial charge in [-0.05, 0) is 30.3 Å². The Labute approximate surface area is 187 Å². The van der Waals surface area contributed by atoms with Crippen LogP contribution < -0.4 is 24.3 Å². The molecule has 0 bridgehead atoms. The Morgan fingerprint density at radius 3 is 2.00 bits per heavy atom. The van der Waals surface area contributed by atoms with Crippen LogP contribution in [0.2, 0.25) is 0 Å². The molecule has 33 heavy (non-hydrogen) atoms. The number of benzene rings is 2. The van der Waals surface area contributed by atoms with Crippen molar-refractivity contribution >= 4 is 11.6 Å². The average Bonchev–Trinajstić information content (AvgIpc) is 2.82. The fraction of sp³-hybridized carbons (Fsp3) is 0.227. The Morgan fingerprint density at radius 2 is 1.42 bits per heavy atom. The SMILES string of the molecule is COc1ccc(NC(=O)c2cnc(C(F)(F)F)nc2-c2ccc(OC)c(OC)c2)cc1OC. The predicted molar refractivity (Wildman–Crippen MR) is 113 cm³/mol. The number of aromatic nitrogens is 2. The molecule has 0 aliphatic carbocycles. The average molecular weight is 463 g/mol. The lowest BCUT2D eigenvalue weighted by molar-refractivity contribution is -0.144. The first-order valence-electron chi connectivity index (χ1n) is 9.41. The Balaban J connectivity index is 2.07. The molecule has 1 aromatic heterocycles. The highest BCUT2D eigenvalue weighted by molar-refractivity contribution is 6.08. The van der Waals surface area contributed by atoms with Crippen LogP contribution in [-0.4, -0.2) is 44.3 Å². The summed E-state index contributed by atoms with van der Waals surface area (Å²) in [5, 5.41) is 2.61. The number of nitrogens with one attached hydrogen (secondary N) is 1. The van der Waals surface area contributed by atoms with Crippen LogP contribution in [0.3, 0.4) is 0 Å². The summed E-state index contributed by atoms with van der Waals surface area (Å²) in [4.78, 5) is 20.0. The monoisotopic (exact) mass is 463 g/mol. The third-order valence-electron chi connectivity index (χ3n) is 4.59. The smallest absolute Gasteiger partial charge is 0.451 e. The minimum Gasteiger partial charge on any atom is -0.493 e. The van der Waals surface area contributed by atoms with Gasteiger partial charge in [0.25, 0.3) is 5.91 Å². The lowest BCUT2D eigenvalue weighted by Gasteiger charge is -2.15.